The average molecular weight is 1670 g/mol. The number of aromatic nitrogens is 2. The minimum Gasteiger partial charge on any atom is -0.446 e. The largest absolute Gasteiger partial charge is 0.446 e. The fourth-order valence-corrected chi connectivity index (χ4v) is 20.2. The lowest BCUT2D eigenvalue weighted by molar-refractivity contribution is -0.119. The van der Waals surface area contributed by atoms with Crippen LogP contribution in [-0.4, -0.2) is 9.13 Å². The van der Waals surface area contributed by atoms with E-state index in [2.05, 4.69) is 538 Å². The Balaban J connectivity index is 0.641. The van der Waals surface area contributed by atoms with Gasteiger partial charge in [0.25, 0.3) is 5.79 Å². The summed E-state index contributed by atoms with van der Waals surface area (Å²) in [5, 5.41) is 4.51. The number of hydrogen-bond donors (Lipinski definition) is 0. The molecule has 20 aromatic carbocycles. The molecule has 2 aliphatic heterocycles. The van der Waals surface area contributed by atoms with E-state index in [1.807, 2.05) is 0 Å². The number of fused-ring (bicyclic) bond motifs is 11. The van der Waals surface area contributed by atoms with Crippen molar-refractivity contribution in [1.29, 1.82) is 0 Å². The first-order chi connectivity index (χ1) is 64.4. The molecule has 2 aliphatic rings. The molecule has 0 saturated heterocycles. The fraction of sp³-hybridized carbons (Fsp3) is 0.0164. The first-order valence-corrected chi connectivity index (χ1v) is 44.4. The monoisotopic (exact) mass is 1660 g/mol. The molecule has 0 unspecified atom stereocenters. The quantitative estimate of drug-likeness (QED) is 0.0757. The summed E-state index contributed by atoms with van der Waals surface area (Å²) in [6.07, 6.45) is 0. The molecule has 0 fully saturated rings. The highest BCUT2D eigenvalue weighted by atomic mass is 16.7. The van der Waals surface area contributed by atoms with Gasteiger partial charge in [-0.15, -0.1) is 0 Å². The normalized spacial score (nSPS) is 14.2. The first kappa shape index (κ1) is 76.5. The van der Waals surface area contributed by atoms with Gasteiger partial charge in [0, 0.05) is 130 Å². The van der Waals surface area contributed by atoms with E-state index in [9.17, 15) is 0 Å². The van der Waals surface area contributed by atoms with E-state index in [-0.39, 0.29) is 0 Å². The van der Waals surface area contributed by atoms with Gasteiger partial charge in [0.1, 0.15) is 16.9 Å². The van der Waals surface area contributed by atoms with Gasteiger partial charge >= 0.3 is 0 Å². The number of benzene rings is 20. The zero-order chi connectivity index (χ0) is 86.1. The van der Waals surface area contributed by atoms with Crippen molar-refractivity contribution in [2.75, 3.05) is 19.6 Å². The van der Waals surface area contributed by atoms with Gasteiger partial charge in [-0.25, -0.2) is 0 Å². The van der Waals surface area contributed by atoms with Crippen LogP contribution in [0.3, 0.4) is 0 Å². The predicted molar refractivity (Wildman–Crippen MR) is 538 cm³/mol. The Labute approximate surface area is 755 Å². The van der Waals surface area contributed by atoms with Gasteiger partial charge in [-0.05, 0) is 256 Å². The summed E-state index contributed by atoms with van der Waals surface area (Å²) in [4.78, 5) is 9.24. The van der Waals surface area contributed by atoms with Gasteiger partial charge in [0.2, 0.25) is 0 Å². The zero-order valence-electron chi connectivity index (χ0n) is 71.0. The summed E-state index contributed by atoms with van der Waals surface area (Å²) in [7, 11) is 0. The standard InChI is InChI=1S/C122H84N6O2/c1-11-31-93(32-12-1)121-113-73-71-107(127-115-75-59-89(85-51-63-103(64-52-85)123(95-35-15-3-16-36-95)96-37-17-4-18-38-96)79-109(115)110-80-90(60-76-116(110)127)86-53-65-104(66-54-86)124(97-39-19-5-20-40-97)98-41-21-6-22-42-98)83-119(113)129-122(121,94-33-13-2-14-34-94)130-120-84-108(72-74-114(120)121)128-117-77-61-91(87-55-67-105(68-56-87)125(99-43-23-7-24-44-99)100-45-25-8-26-46-100)81-111(117)112-82-92(62-78-118(112)128)88-57-69-106(70-58-88)126(101-47-27-9-28-48-101)102-49-29-10-30-50-102/h1-84H. The SMILES string of the molecule is c1ccc(N(c2ccccc2)c2ccc(-c3ccc4c(c3)c3cc(-c5ccc(N(c6ccccc6)c6ccccc6)cc5)ccc3n4-c3ccc4c(c3)OC3(c5ccccc5)Oc5cc(-n6c7ccc(-c8ccc(N(c9ccccc9)c9ccccc9)cc8)cc7c7cc(-c8ccc(N(c9ccccc9)c9ccccc9)cc8)ccc76)ccc5C43c3ccccc3)cc2)cc1. The molecule has 0 spiro atoms. The summed E-state index contributed by atoms with van der Waals surface area (Å²) in [5.74, 6) is 0.0483. The number of para-hydroxylation sites is 8. The molecule has 0 aliphatic carbocycles. The molecule has 0 saturated carbocycles. The first-order valence-electron chi connectivity index (χ1n) is 44.4. The topological polar surface area (TPSA) is 41.3 Å². The van der Waals surface area contributed by atoms with Crippen LogP contribution in [-0.2, 0) is 11.2 Å². The van der Waals surface area contributed by atoms with E-state index in [1.54, 1.807) is 0 Å². The third kappa shape index (κ3) is 13.1. The van der Waals surface area contributed by atoms with Crippen molar-refractivity contribution in [3.05, 3.63) is 532 Å². The Morgan fingerprint density at radius 3 is 0.600 bits per heavy atom. The van der Waals surface area contributed by atoms with Crippen molar-refractivity contribution in [2.24, 2.45) is 0 Å². The minimum atomic E-state index is -1.42. The van der Waals surface area contributed by atoms with Crippen molar-refractivity contribution in [1.82, 2.24) is 9.13 Å². The lowest BCUT2D eigenvalue weighted by Gasteiger charge is -2.38. The van der Waals surface area contributed by atoms with E-state index in [1.165, 1.54) is 0 Å². The maximum absolute atomic E-state index is 7.98. The van der Waals surface area contributed by atoms with Crippen LogP contribution in [0.2, 0.25) is 0 Å². The molecule has 0 atom stereocenters. The van der Waals surface area contributed by atoms with Crippen LogP contribution >= 0.6 is 0 Å². The maximum Gasteiger partial charge on any atom is 0.296 e. The number of anilines is 12. The number of hydrogen-bond acceptors (Lipinski definition) is 6. The summed E-state index contributed by atoms with van der Waals surface area (Å²) in [5.41, 5.74) is 31.1. The molecule has 22 aromatic rings. The van der Waals surface area contributed by atoms with Gasteiger partial charge in [-0.3, -0.25) is 0 Å². The molecule has 0 radical (unpaired) electrons. The smallest absolute Gasteiger partial charge is 0.296 e. The van der Waals surface area contributed by atoms with Crippen LogP contribution in [0.1, 0.15) is 22.3 Å². The number of nitrogens with zero attached hydrogens (tertiary/aromatic N) is 6. The molecule has 2 aromatic heterocycles. The second-order valence-corrected chi connectivity index (χ2v) is 33.5. The van der Waals surface area contributed by atoms with E-state index < -0.39 is 11.2 Å². The molecule has 8 heteroatoms. The third-order valence-corrected chi connectivity index (χ3v) is 26.1. The highest BCUT2D eigenvalue weighted by Gasteiger charge is 2.70. The molecule has 24 rings (SSSR count). The third-order valence-electron chi connectivity index (χ3n) is 26.1. The van der Waals surface area contributed by atoms with Gasteiger partial charge in [-0.1, -0.05) is 291 Å². The summed E-state index contributed by atoms with van der Waals surface area (Å²) in [6.45, 7) is 0. The summed E-state index contributed by atoms with van der Waals surface area (Å²) >= 11 is 0. The molecule has 614 valence electrons. The van der Waals surface area contributed by atoms with E-state index >= 15 is 0 Å². The lowest BCUT2D eigenvalue weighted by atomic mass is 9.64. The molecule has 4 heterocycles. The Morgan fingerprint density at radius 2 is 0.369 bits per heavy atom. The van der Waals surface area contributed by atoms with Crippen molar-refractivity contribution in [3.8, 4) is 67.4 Å². The van der Waals surface area contributed by atoms with E-state index in [0.29, 0.717) is 0 Å². The highest BCUT2D eigenvalue weighted by molar-refractivity contribution is 6.13. The Bertz CT molecular complexity index is 6950. The van der Waals surface area contributed by atoms with Crippen LogP contribution in [0.4, 0.5) is 68.2 Å². The summed E-state index contributed by atoms with van der Waals surface area (Å²) in [6, 6.07) is 184. The molecular formula is C122H84N6O2. The minimum absolute atomic E-state index is 0.733. The van der Waals surface area contributed by atoms with Crippen LogP contribution in [0.5, 0.6) is 11.5 Å². The molecular weight excluding hydrogens is 1580 g/mol. The van der Waals surface area contributed by atoms with Crippen molar-refractivity contribution in [3.63, 3.8) is 0 Å². The molecule has 130 heavy (non-hydrogen) atoms. The highest BCUT2D eigenvalue weighted by Crippen LogP contribution is 2.68. The Kier molecular flexibility index (Phi) is 18.9. The number of rotatable bonds is 20. The lowest BCUT2D eigenvalue weighted by Crippen LogP contribution is -2.50. The van der Waals surface area contributed by atoms with E-state index in [0.717, 1.165) is 201 Å². The van der Waals surface area contributed by atoms with Crippen LogP contribution in [0.15, 0.2) is 510 Å². The maximum atomic E-state index is 7.98. The van der Waals surface area contributed by atoms with Crippen LogP contribution in [0.25, 0.3) is 99.5 Å². The summed E-state index contributed by atoms with van der Waals surface area (Å²) < 4.78 is 20.8. The second kappa shape index (κ2) is 32.1. The van der Waals surface area contributed by atoms with Gasteiger partial charge in [0.05, 0.1) is 22.1 Å². The fourth-order valence-electron chi connectivity index (χ4n) is 20.2. The zero-order valence-corrected chi connectivity index (χ0v) is 71.0. The average Bonchev–Trinajstić information content (AvgIpc) is 1.49. The van der Waals surface area contributed by atoms with Crippen LogP contribution in [0, 0.1) is 0 Å². The van der Waals surface area contributed by atoms with Crippen LogP contribution < -0.4 is 29.1 Å². The van der Waals surface area contributed by atoms with Crippen molar-refractivity contribution >= 4 is 112 Å². The molecule has 0 bridgehead atoms. The van der Waals surface area contributed by atoms with Crippen molar-refractivity contribution < 1.29 is 9.47 Å². The predicted octanol–water partition coefficient (Wildman–Crippen LogP) is 32.4. The molecule has 8 nitrogen and oxygen atoms in total. The molecule has 0 amide bonds. The van der Waals surface area contributed by atoms with Crippen molar-refractivity contribution in [2.45, 2.75) is 11.2 Å². The van der Waals surface area contributed by atoms with Gasteiger partial charge < -0.3 is 38.2 Å². The second-order valence-electron chi connectivity index (χ2n) is 33.5. The van der Waals surface area contributed by atoms with Gasteiger partial charge in [0.15, 0.2) is 0 Å². The molecule has 0 N–H and O–H groups in total. The number of ether oxygens (including phenoxy) is 2. The Hall–Kier alpha value is -17.2. The Morgan fingerprint density at radius 1 is 0.169 bits per heavy atom. The van der Waals surface area contributed by atoms with Gasteiger partial charge in [-0.2, -0.15) is 0 Å². The van der Waals surface area contributed by atoms with E-state index in [4.69, 9.17) is 9.47 Å².